The summed E-state index contributed by atoms with van der Waals surface area (Å²) in [6.07, 6.45) is 0. The van der Waals surface area contributed by atoms with Gasteiger partial charge in [-0.15, -0.1) is 0 Å². The number of hydrogen-bond donors (Lipinski definition) is 0. The molecule has 116 valence electrons. The molecule has 0 aliphatic heterocycles. The van der Waals surface area contributed by atoms with Crippen LogP contribution in [0.5, 0.6) is 5.75 Å². The van der Waals surface area contributed by atoms with E-state index in [2.05, 4.69) is 0 Å². The van der Waals surface area contributed by atoms with Crippen LogP contribution in [0.25, 0.3) is 0 Å². The first-order valence-corrected chi connectivity index (χ1v) is 7.89. The van der Waals surface area contributed by atoms with Gasteiger partial charge in [0.25, 0.3) is 5.69 Å². The summed E-state index contributed by atoms with van der Waals surface area (Å²) < 4.78 is 30.1. The second kappa shape index (κ2) is 5.76. The molecule has 0 saturated carbocycles. The van der Waals surface area contributed by atoms with E-state index in [1.165, 1.54) is 25.1 Å². The third-order valence-electron chi connectivity index (χ3n) is 3.39. The van der Waals surface area contributed by atoms with E-state index in [9.17, 15) is 18.5 Å². The fourth-order valence-corrected chi connectivity index (χ4v) is 3.44. The fourth-order valence-electron chi connectivity index (χ4n) is 2.08. The van der Waals surface area contributed by atoms with Crippen LogP contribution in [0.15, 0.2) is 41.3 Å². The normalized spacial score (nSPS) is 11.2. The Balaban J connectivity index is 2.57. The van der Waals surface area contributed by atoms with Crippen LogP contribution >= 0.6 is 0 Å². The molecule has 0 aliphatic carbocycles. The van der Waals surface area contributed by atoms with E-state index >= 15 is 0 Å². The van der Waals surface area contributed by atoms with Crippen molar-refractivity contribution in [2.75, 3.05) is 0 Å². The smallest absolute Gasteiger partial charge is 0.346 e. The Morgan fingerprint density at radius 2 is 1.59 bits per heavy atom. The molecule has 0 N–H and O–H groups in total. The molecule has 0 amide bonds. The number of hydrogen-bond acceptors (Lipinski definition) is 5. The monoisotopic (exact) mass is 321 g/mol. The van der Waals surface area contributed by atoms with E-state index in [4.69, 9.17) is 4.18 Å². The van der Waals surface area contributed by atoms with Crippen molar-refractivity contribution in [2.45, 2.75) is 25.7 Å². The second-order valence-electron chi connectivity index (χ2n) is 4.92. The molecular weight excluding hydrogens is 306 g/mol. The van der Waals surface area contributed by atoms with Crippen molar-refractivity contribution in [1.82, 2.24) is 0 Å². The minimum atomic E-state index is -4.30. The van der Waals surface area contributed by atoms with Crippen LogP contribution < -0.4 is 4.18 Å². The summed E-state index contributed by atoms with van der Waals surface area (Å²) in [5.41, 5.74) is 1.30. The molecular formula is C15H15NO5S. The highest BCUT2D eigenvalue weighted by atomic mass is 32.2. The molecule has 2 rings (SSSR count). The molecule has 7 heteroatoms. The molecule has 2 aromatic rings. The van der Waals surface area contributed by atoms with E-state index in [0.29, 0.717) is 5.56 Å². The number of benzene rings is 2. The summed E-state index contributed by atoms with van der Waals surface area (Å²) in [6, 6.07) is 9.08. The van der Waals surface area contributed by atoms with E-state index in [-0.39, 0.29) is 11.3 Å². The van der Waals surface area contributed by atoms with Gasteiger partial charge in [0.05, 0.1) is 4.92 Å². The van der Waals surface area contributed by atoms with E-state index < -0.39 is 25.6 Å². The molecule has 0 radical (unpaired) electrons. The van der Waals surface area contributed by atoms with Crippen molar-refractivity contribution in [3.05, 3.63) is 63.2 Å². The van der Waals surface area contributed by atoms with Gasteiger partial charge in [0.2, 0.25) is 0 Å². The maximum absolute atomic E-state index is 12.5. The topological polar surface area (TPSA) is 86.5 Å². The zero-order valence-electron chi connectivity index (χ0n) is 12.4. The van der Waals surface area contributed by atoms with E-state index in [0.717, 1.165) is 11.6 Å². The van der Waals surface area contributed by atoms with Gasteiger partial charge in [0, 0.05) is 6.07 Å². The van der Waals surface area contributed by atoms with Crippen molar-refractivity contribution in [2.24, 2.45) is 0 Å². The minimum Gasteiger partial charge on any atom is -0.378 e. The standard InChI is InChI=1S/C15H15NO5S/c1-10-6-5-9-14(12(10)3)21-22(19,20)15-11(2)7-4-8-13(15)16(17)18/h4-9H,1-3H3. The van der Waals surface area contributed by atoms with Crippen molar-refractivity contribution in [1.29, 1.82) is 0 Å². The number of aryl methyl sites for hydroxylation is 2. The average molecular weight is 321 g/mol. The Bertz CT molecular complexity index is 843. The molecule has 6 nitrogen and oxygen atoms in total. The maximum atomic E-state index is 12.5. The number of rotatable bonds is 4. The molecule has 0 spiro atoms. The molecule has 2 aromatic carbocycles. The van der Waals surface area contributed by atoms with Crippen LogP contribution in [-0.4, -0.2) is 13.3 Å². The summed E-state index contributed by atoms with van der Waals surface area (Å²) in [7, 11) is -4.30. The highest BCUT2D eigenvalue weighted by Crippen LogP contribution is 2.31. The molecule has 22 heavy (non-hydrogen) atoms. The lowest BCUT2D eigenvalue weighted by Crippen LogP contribution is -2.14. The van der Waals surface area contributed by atoms with Gasteiger partial charge >= 0.3 is 10.1 Å². The zero-order valence-corrected chi connectivity index (χ0v) is 13.2. The Kier molecular flexibility index (Phi) is 4.18. The largest absolute Gasteiger partial charge is 0.378 e. The Morgan fingerprint density at radius 3 is 2.23 bits per heavy atom. The van der Waals surface area contributed by atoms with Crippen molar-refractivity contribution in [3.63, 3.8) is 0 Å². The highest BCUT2D eigenvalue weighted by molar-refractivity contribution is 7.87. The van der Waals surface area contributed by atoms with Gasteiger partial charge in [-0.25, -0.2) is 0 Å². The lowest BCUT2D eigenvalue weighted by atomic mass is 10.1. The number of nitro benzene ring substituents is 1. The zero-order chi connectivity index (χ0) is 16.5. The first kappa shape index (κ1) is 16.0. The van der Waals surface area contributed by atoms with Crippen molar-refractivity contribution < 1.29 is 17.5 Å². The molecule has 0 atom stereocenters. The van der Waals surface area contributed by atoms with E-state index in [1.807, 2.05) is 13.0 Å². The van der Waals surface area contributed by atoms with Gasteiger partial charge in [-0.1, -0.05) is 24.3 Å². The van der Waals surface area contributed by atoms with Crippen molar-refractivity contribution >= 4 is 15.8 Å². The van der Waals surface area contributed by atoms with Gasteiger partial charge in [-0.2, -0.15) is 8.42 Å². The van der Waals surface area contributed by atoms with Gasteiger partial charge < -0.3 is 4.18 Å². The summed E-state index contributed by atoms with van der Waals surface area (Å²) >= 11 is 0. The predicted octanol–water partition coefficient (Wildman–Crippen LogP) is 3.29. The van der Waals surface area contributed by atoms with Crippen LogP contribution in [-0.2, 0) is 10.1 Å². The van der Waals surface area contributed by atoms with E-state index in [1.54, 1.807) is 13.0 Å². The third-order valence-corrected chi connectivity index (χ3v) is 4.82. The molecule has 0 heterocycles. The fraction of sp³-hybridized carbons (Fsp3) is 0.200. The Labute approximate surface area is 128 Å². The number of nitrogens with zero attached hydrogens (tertiary/aromatic N) is 1. The number of nitro groups is 1. The first-order chi connectivity index (χ1) is 10.2. The predicted molar refractivity (Wildman–Crippen MR) is 81.6 cm³/mol. The van der Waals surface area contributed by atoms with Crippen molar-refractivity contribution in [3.8, 4) is 5.75 Å². The van der Waals surface area contributed by atoms with Gasteiger partial charge in [0.15, 0.2) is 4.90 Å². The quantitative estimate of drug-likeness (QED) is 0.490. The summed E-state index contributed by atoms with van der Waals surface area (Å²) in [4.78, 5) is 9.93. The molecule has 0 aromatic heterocycles. The summed E-state index contributed by atoms with van der Waals surface area (Å²) in [5.74, 6) is 0.164. The molecule has 0 bridgehead atoms. The van der Waals surface area contributed by atoms with Crippen LogP contribution in [0, 0.1) is 30.9 Å². The molecule has 0 unspecified atom stereocenters. The molecule has 0 fully saturated rings. The van der Waals surface area contributed by atoms with Crippen LogP contribution in [0.3, 0.4) is 0 Å². The second-order valence-corrected chi connectivity index (χ2v) is 6.40. The van der Waals surface area contributed by atoms with Gasteiger partial charge in [0.1, 0.15) is 5.75 Å². The van der Waals surface area contributed by atoms with Crippen LogP contribution in [0.4, 0.5) is 5.69 Å². The maximum Gasteiger partial charge on any atom is 0.346 e. The Hall–Kier alpha value is -2.41. The average Bonchev–Trinajstić information content (AvgIpc) is 2.43. The third kappa shape index (κ3) is 2.94. The molecule has 0 aliphatic rings. The summed E-state index contributed by atoms with van der Waals surface area (Å²) in [5, 5.41) is 11.1. The molecule has 0 saturated heterocycles. The minimum absolute atomic E-state index is 0.164. The lowest BCUT2D eigenvalue weighted by molar-refractivity contribution is -0.388. The first-order valence-electron chi connectivity index (χ1n) is 6.49. The summed E-state index contributed by atoms with van der Waals surface area (Å²) in [6.45, 7) is 5.05. The highest BCUT2D eigenvalue weighted by Gasteiger charge is 2.30. The SMILES string of the molecule is Cc1cccc(OS(=O)(=O)c2c(C)cccc2[N+](=O)[O-])c1C. The van der Waals surface area contributed by atoms with Gasteiger partial charge in [-0.05, 0) is 43.5 Å². The Morgan fingerprint density at radius 1 is 1.00 bits per heavy atom. The van der Waals surface area contributed by atoms with Crippen LogP contribution in [0.1, 0.15) is 16.7 Å². The van der Waals surface area contributed by atoms with Gasteiger partial charge in [-0.3, -0.25) is 10.1 Å². The van der Waals surface area contributed by atoms with Crippen LogP contribution in [0.2, 0.25) is 0 Å². The lowest BCUT2D eigenvalue weighted by Gasteiger charge is -2.12.